The molecule has 1 saturated carbocycles. The Balaban J connectivity index is 1.97. The highest BCUT2D eigenvalue weighted by Gasteiger charge is 2.25. The first-order valence-electron chi connectivity index (χ1n) is 7.49. The predicted molar refractivity (Wildman–Crippen MR) is 94.4 cm³/mol. The first-order valence-corrected chi connectivity index (χ1v) is 8.29. The lowest BCUT2D eigenvalue weighted by Gasteiger charge is -2.08. The lowest BCUT2D eigenvalue weighted by molar-refractivity contribution is 0.457. The van der Waals surface area contributed by atoms with Crippen molar-refractivity contribution in [3.8, 4) is 11.6 Å². The minimum Gasteiger partial charge on any atom is -0.508 e. The zero-order valence-electron chi connectivity index (χ0n) is 12.3. The summed E-state index contributed by atoms with van der Waals surface area (Å²) in [5.41, 5.74) is 3.04. The number of phenols is 1. The molecule has 1 heterocycles. The first kappa shape index (κ1) is 14.3. The standard InChI is InChI=1S/C18H15BrN2O2/c19-11-4-7-15-14(9-11)16(18(23)21-15)17(20-12-5-6-12)10-2-1-3-13(22)8-10/h1-4,7-9,12,21-23H,5-6H2. The molecular weight excluding hydrogens is 356 g/mol. The number of H-pyrrole nitrogens is 1. The summed E-state index contributed by atoms with van der Waals surface area (Å²) in [6, 6.07) is 13.1. The Hall–Kier alpha value is -2.27. The number of benzene rings is 2. The van der Waals surface area contributed by atoms with Crippen LogP contribution in [0, 0.1) is 0 Å². The van der Waals surface area contributed by atoms with Crippen LogP contribution in [-0.2, 0) is 0 Å². The molecule has 1 aromatic heterocycles. The summed E-state index contributed by atoms with van der Waals surface area (Å²) < 4.78 is 0.937. The highest BCUT2D eigenvalue weighted by Crippen LogP contribution is 2.34. The van der Waals surface area contributed by atoms with Crippen LogP contribution in [0.25, 0.3) is 10.9 Å². The van der Waals surface area contributed by atoms with Gasteiger partial charge in [0.15, 0.2) is 5.88 Å². The summed E-state index contributed by atoms with van der Waals surface area (Å²) in [4.78, 5) is 7.80. The number of hydrogen-bond acceptors (Lipinski definition) is 3. The second kappa shape index (κ2) is 5.42. The van der Waals surface area contributed by atoms with Crippen LogP contribution >= 0.6 is 15.9 Å². The number of aromatic nitrogens is 1. The Morgan fingerprint density at radius 2 is 1.96 bits per heavy atom. The molecule has 0 atom stereocenters. The third-order valence-corrected chi connectivity index (χ3v) is 4.45. The summed E-state index contributed by atoms with van der Waals surface area (Å²) in [5, 5.41) is 21.2. The number of halogens is 1. The number of aliphatic imine (C=N–C) groups is 1. The summed E-state index contributed by atoms with van der Waals surface area (Å²) in [6.45, 7) is 0. The Labute approximate surface area is 141 Å². The van der Waals surface area contributed by atoms with Crippen LogP contribution in [0.4, 0.5) is 0 Å². The summed E-state index contributed by atoms with van der Waals surface area (Å²) in [6.07, 6.45) is 2.13. The fourth-order valence-electron chi connectivity index (χ4n) is 2.71. The molecule has 5 heteroatoms. The molecule has 0 aliphatic heterocycles. The molecule has 0 spiro atoms. The van der Waals surface area contributed by atoms with E-state index in [1.807, 2.05) is 24.3 Å². The van der Waals surface area contributed by atoms with E-state index in [1.165, 1.54) is 0 Å². The van der Waals surface area contributed by atoms with E-state index in [9.17, 15) is 10.2 Å². The first-order chi connectivity index (χ1) is 11.1. The molecule has 1 aliphatic carbocycles. The van der Waals surface area contributed by atoms with Crippen LogP contribution in [0.15, 0.2) is 51.9 Å². The minimum absolute atomic E-state index is 0.0980. The fraction of sp³-hybridized carbons (Fsp3) is 0.167. The molecule has 0 saturated heterocycles. The molecule has 1 fully saturated rings. The van der Waals surface area contributed by atoms with Crippen molar-refractivity contribution in [3.63, 3.8) is 0 Å². The summed E-state index contributed by atoms with van der Waals surface area (Å²) >= 11 is 3.48. The van der Waals surface area contributed by atoms with E-state index < -0.39 is 0 Å². The maximum atomic E-state index is 10.4. The number of fused-ring (bicyclic) bond motifs is 1. The maximum Gasteiger partial charge on any atom is 0.199 e. The van der Waals surface area contributed by atoms with Gasteiger partial charge in [-0.1, -0.05) is 28.1 Å². The number of aromatic amines is 1. The molecular formula is C18H15BrN2O2. The van der Waals surface area contributed by atoms with E-state index in [2.05, 4.69) is 20.9 Å². The van der Waals surface area contributed by atoms with Gasteiger partial charge < -0.3 is 15.2 Å². The zero-order chi connectivity index (χ0) is 16.0. The molecule has 0 amide bonds. The monoisotopic (exact) mass is 370 g/mol. The smallest absolute Gasteiger partial charge is 0.199 e. The van der Waals surface area contributed by atoms with Crippen molar-refractivity contribution in [3.05, 3.63) is 58.1 Å². The minimum atomic E-state index is 0.0980. The van der Waals surface area contributed by atoms with Gasteiger partial charge in [-0.25, -0.2) is 0 Å². The molecule has 1 aliphatic rings. The molecule has 4 rings (SSSR count). The van der Waals surface area contributed by atoms with E-state index in [-0.39, 0.29) is 11.6 Å². The van der Waals surface area contributed by atoms with Gasteiger partial charge in [0.05, 0.1) is 17.3 Å². The molecule has 116 valence electrons. The zero-order valence-corrected chi connectivity index (χ0v) is 13.8. The van der Waals surface area contributed by atoms with Gasteiger partial charge in [0.1, 0.15) is 5.75 Å². The Kier molecular flexibility index (Phi) is 3.38. The Morgan fingerprint density at radius 3 is 2.70 bits per heavy atom. The molecule has 0 radical (unpaired) electrons. The Bertz CT molecular complexity index is 926. The van der Waals surface area contributed by atoms with Gasteiger partial charge >= 0.3 is 0 Å². The quantitative estimate of drug-likeness (QED) is 0.600. The number of hydrogen-bond donors (Lipinski definition) is 3. The molecule has 2 aromatic carbocycles. The van der Waals surface area contributed by atoms with Crippen molar-refractivity contribution < 1.29 is 10.2 Å². The largest absolute Gasteiger partial charge is 0.508 e. The molecule has 3 aromatic rings. The molecule has 4 nitrogen and oxygen atoms in total. The van der Waals surface area contributed by atoms with Crippen molar-refractivity contribution in [2.45, 2.75) is 18.9 Å². The normalized spacial score (nSPS) is 15.3. The number of rotatable bonds is 3. The van der Waals surface area contributed by atoms with Crippen LogP contribution in [0.5, 0.6) is 11.6 Å². The van der Waals surface area contributed by atoms with Gasteiger partial charge in [0.2, 0.25) is 0 Å². The van der Waals surface area contributed by atoms with Crippen LogP contribution in [0.1, 0.15) is 24.0 Å². The second-order valence-corrected chi connectivity index (χ2v) is 6.71. The maximum absolute atomic E-state index is 10.4. The third-order valence-electron chi connectivity index (χ3n) is 3.96. The van der Waals surface area contributed by atoms with Crippen LogP contribution in [-0.4, -0.2) is 27.0 Å². The van der Waals surface area contributed by atoms with E-state index in [1.54, 1.807) is 18.2 Å². The fourth-order valence-corrected chi connectivity index (χ4v) is 3.07. The molecule has 0 unspecified atom stereocenters. The topological polar surface area (TPSA) is 68.6 Å². The van der Waals surface area contributed by atoms with E-state index >= 15 is 0 Å². The molecule has 3 N–H and O–H groups in total. The lowest BCUT2D eigenvalue weighted by Crippen LogP contribution is -2.04. The predicted octanol–water partition coefficient (Wildman–Crippen LogP) is 4.34. The Morgan fingerprint density at radius 1 is 1.13 bits per heavy atom. The number of phenolic OH excluding ortho intramolecular Hbond substituents is 1. The summed E-state index contributed by atoms with van der Waals surface area (Å²) in [5.74, 6) is 0.285. The number of nitrogens with one attached hydrogen (secondary N) is 1. The highest BCUT2D eigenvalue weighted by molar-refractivity contribution is 9.10. The van der Waals surface area contributed by atoms with Crippen LogP contribution in [0.3, 0.4) is 0 Å². The van der Waals surface area contributed by atoms with Crippen LogP contribution in [0.2, 0.25) is 0 Å². The van der Waals surface area contributed by atoms with Gasteiger partial charge in [-0.3, -0.25) is 4.99 Å². The van der Waals surface area contributed by atoms with Gasteiger partial charge in [-0.15, -0.1) is 0 Å². The van der Waals surface area contributed by atoms with Gasteiger partial charge in [-0.05, 0) is 43.2 Å². The average Bonchev–Trinajstić information content (AvgIpc) is 3.28. The van der Waals surface area contributed by atoms with E-state index in [0.29, 0.717) is 17.3 Å². The van der Waals surface area contributed by atoms with Crippen molar-refractivity contribution in [2.75, 3.05) is 0 Å². The van der Waals surface area contributed by atoms with Crippen LogP contribution < -0.4 is 0 Å². The highest BCUT2D eigenvalue weighted by atomic mass is 79.9. The molecule has 23 heavy (non-hydrogen) atoms. The van der Waals surface area contributed by atoms with Crippen molar-refractivity contribution in [1.82, 2.24) is 4.98 Å². The second-order valence-electron chi connectivity index (χ2n) is 5.80. The SMILES string of the molecule is Oc1cccc(C(=NC2CC2)c2c(O)[nH]c3ccc(Br)cc23)c1. The van der Waals surface area contributed by atoms with E-state index in [0.717, 1.165) is 33.8 Å². The average molecular weight is 371 g/mol. The van der Waals surface area contributed by atoms with Gasteiger partial charge in [-0.2, -0.15) is 0 Å². The third kappa shape index (κ3) is 2.72. The van der Waals surface area contributed by atoms with Crippen molar-refractivity contribution >= 4 is 32.5 Å². The molecule has 0 bridgehead atoms. The van der Waals surface area contributed by atoms with E-state index in [4.69, 9.17) is 4.99 Å². The summed E-state index contributed by atoms with van der Waals surface area (Å²) in [7, 11) is 0. The van der Waals surface area contributed by atoms with Crippen molar-refractivity contribution in [2.24, 2.45) is 4.99 Å². The van der Waals surface area contributed by atoms with Crippen molar-refractivity contribution in [1.29, 1.82) is 0 Å². The number of aromatic hydroxyl groups is 2. The van der Waals surface area contributed by atoms with Gasteiger partial charge in [0, 0.05) is 20.9 Å². The lowest BCUT2D eigenvalue weighted by atomic mass is 10.0. The van der Waals surface area contributed by atoms with Gasteiger partial charge in [0.25, 0.3) is 0 Å². The number of nitrogens with zero attached hydrogens (tertiary/aromatic N) is 1.